The largest absolute Gasteiger partial charge is 0.465 e. The minimum absolute atomic E-state index is 0.324. The van der Waals surface area contributed by atoms with Crippen molar-refractivity contribution in [3.8, 4) is 16.9 Å². The van der Waals surface area contributed by atoms with Gasteiger partial charge in [-0.2, -0.15) is 5.10 Å². The fourth-order valence-corrected chi connectivity index (χ4v) is 2.48. The molecule has 0 aliphatic rings. The van der Waals surface area contributed by atoms with Gasteiger partial charge in [-0.05, 0) is 31.2 Å². The summed E-state index contributed by atoms with van der Waals surface area (Å²) in [5.74, 6) is -0.773. The molecule has 0 unspecified atom stereocenters. The maximum atomic E-state index is 13.1. The number of methoxy groups -OCH3 is 1. The minimum atomic E-state index is -0.449. The van der Waals surface area contributed by atoms with Crippen molar-refractivity contribution >= 4 is 5.97 Å². The highest BCUT2D eigenvalue weighted by Crippen LogP contribution is 2.27. The second-order valence-corrected chi connectivity index (χ2v) is 5.05. The van der Waals surface area contributed by atoms with Gasteiger partial charge >= 0.3 is 5.97 Å². The number of hydrogen-bond acceptors (Lipinski definition) is 3. The number of hydrogen-bond donors (Lipinski definition) is 0. The normalized spacial score (nSPS) is 10.6. The highest BCUT2D eigenvalue weighted by atomic mass is 19.1. The Kier molecular flexibility index (Phi) is 3.93. The lowest BCUT2D eigenvalue weighted by molar-refractivity contribution is 0.0600. The molecule has 116 valence electrons. The summed E-state index contributed by atoms with van der Waals surface area (Å²) in [5, 5.41) is 4.54. The lowest BCUT2D eigenvalue weighted by atomic mass is 10.1. The Morgan fingerprint density at radius 2 is 1.74 bits per heavy atom. The smallest absolute Gasteiger partial charge is 0.342 e. The van der Waals surface area contributed by atoms with Crippen molar-refractivity contribution in [2.24, 2.45) is 0 Å². The number of carbonyl (C=O) groups excluding carboxylic acids is 1. The standard InChI is InChI=1S/C18H15FN2O2/c1-12-16(18(22)23-2)17(13-6-4-3-5-7-13)20-21(12)15-10-8-14(19)9-11-15/h3-11H,1-2H3. The number of benzene rings is 2. The molecular formula is C18H15FN2O2. The molecule has 1 heterocycles. The van der Waals surface area contributed by atoms with Crippen molar-refractivity contribution in [3.05, 3.63) is 71.7 Å². The highest BCUT2D eigenvalue weighted by Gasteiger charge is 2.23. The van der Waals surface area contributed by atoms with Gasteiger partial charge in [0, 0.05) is 5.56 Å². The molecule has 0 aliphatic carbocycles. The Hall–Kier alpha value is -2.95. The van der Waals surface area contributed by atoms with Crippen LogP contribution >= 0.6 is 0 Å². The first-order chi connectivity index (χ1) is 11.1. The van der Waals surface area contributed by atoms with E-state index in [0.29, 0.717) is 22.6 Å². The number of aromatic nitrogens is 2. The predicted molar refractivity (Wildman–Crippen MR) is 85.0 cm³/mol. The molecule has 5 heteroatoms. The fraction of sp³-hybridized carbons (Fsp3) is 0.111. The fourth-order valence-electron chi connectivity index (χ4n) is 2.48. The summed E-state index contributed by atoms with van der Waals surface area (Å²) < 4.78 is 19.6. The first-order valence-corrected chi connectivity index (χ1v) is 7.11. The zero-order chi connectivity index (χ0) is 16.4. The van der Waals surface area contributed by atoms with Gasteiger partial charge in [0.15, 0.2) is 0 Å². The van der Waals surface area contributed by atoms with E-state index in [2.05, 4.69) is 5.10 Å². The zero-order valence-corrected chi connectivity index (χ0v) is 12.8. The number of ether oxygens (including phenoxy) is 1. The van der Waals surface area contributed by atoms with Crippen molar-refractivity contribution in [3.63, 3.8) is 0 Å². The van der Waals surface area contributed by atoms with Crippen LogP contribution in [-0.2, 0) is 4.74 Å². The van der Waals surface area contributed by atoms with Crippen LogP contribution in [0.2, 0.25) is 0 Å². The van der Waals surface area contributed by atoms with E-state index in [0.717, 1.165) is 5.56 Å². The number of nitrogens with zero attached hydrogens (tertiary/aromatic N) is 2. The molecule has 0 saturated carbocycles. The van der Waals surface area contributed by atoms with Crippen LogP contribution in [0.15, 0.2) is 54.6 Å². The van der Waals surface area contributed by atoms with Gasteiger partial charge in [-0.3, -0.25) is 0 Å². The monoisotopic (exact) mass is 310 g/mol. The Labute approximate surface area is 133 Å². The minimum Gasteiger partial charge on any atom is -0.465 e. The lowest BCUT2D eigenvalue weighted by Gasteiger charge is -2.04. The molecule has 23 heavy (non-hydrogen) atoms. The maximum absolute atomic E-state index is 13.1. The molecular weight excluding hydrogens is 295 g/mol. The first kappa shape index (κ1) is 15.0. The van der Waals surface area contributed by atoms with Crippen LogP contribution in [0.3, 0.4) is 0 Å². The molecule has 0 amide bonds. The van der Waals surface area contributed by atoms with Crippen molar-refractivity contribution in [2.45, 2.75) is 6.92 Å². The molecule has 2 aromatic carbocycles. The molecule has 3 aromatic rings. The van der Waals surface area contributed by atoms with Gasteiger partial charge in [-0.25, -0.2) is 13.9 Å². The molecule has 3 rings (SSSR count). The van der Waals surface area contributed by atoms with E-state index in [1.54, 1.807) is 23.7 Å². The summed E-state index contributed by atoms with van der Waals surface area (Å²) >= 11 is 0. The van der Waals surface area contributed by atoms with E-state index in [4.69, 9.17) is 4.74 Å². The van der Waals surface area contributed by atoms with E-state index in [9.17, 15) is 9.18 Å². The van der Waals surface area contributed by atoms with Crippen molar-refractivity contribution < 1.29 is 13.9 Å². The maximum Gasteiger partial charge on any atom is 0.342 e. The van der Waals surface area contributed by atoms with Crippen molar-refractivity contribution in [2.75, 3.05) is 7.11 Å². The van der Waals surface area contributed by atoms with Crippen LogP contribution in [0, 0.1) is 12.7 Å². The van der Waals surface area contributed by atoms with Gasteiger partial charge in [-0.1, -0.05) is 30.3 Å². The summed E-state index contributed by atoms with van der Waals surface area (Å²) in [7, 11) is 1.34. The number of esters is 1. The third-order valence-corrected chi connectivity index (χ3v) is 3.62. The summed E-state index contributed by atoms with van der Waals surface area (Å²) in [6, 6.07) is 15.4. The zero-order valence-electron chi connectivity index (χ0n) is 12.8. The molecule has 0 radical (unpaired) electrons. The van der Waals surface area contributed by atoms with Gasteiger partial charge in [0.05, 0.1) is 18.5 Å². The van der Waals surface area contributed by atoms with Crippen LogP contribution in [0.25, 0.3) is 16.9 Å². The van der Waals surface area contributed by atoms with Gasteiger partial charge in [0.1, 0.15) is 17.1 Å². The first-order valence-electron chi connectivity index (χ1n) is 7.11. The van der Waals surface area contributed by atoms with Crippen LogP contribution in [-0.4, -0.2) is 22.9 Å². The second kappa shape index (κ2) is 6.04. The molecule has 4 nitrogen and oxygen atoms in total. The molecule has 0 fully saturated rings. The van der Waals surface area contributed by atoms with Crippen molar-refractivity contribution in [1.29, 1.82) is 0 Å². The molecule has 0 atom stereocenters. The Balaban J connectivity index is 2.22. The average Bonchev–Trinajstić information content (AvgIpc) is 2.93. The highest BCUT2D eigenvalue weighted by molar-refractivity contribution is 5.97. The molecule has 0 bridgehead atoms. The topological polar surface area (TPSA) is 44.1 Å². The predicted octanol–water partition coefficient (Wildman–Crippen LogP) is 3.77. The summed E-state index contributed by atoms with van der Waals surface area (Å²) in [6.07, 6.45) is 0. The molecule has 0 N–H and O–H groups in total. The molecule has 0 aliphatic heterocycles. The average molecular weight is 310 g/mol. The summed E-state index contributed by atoms with van der Waals surface area (Å²) in [5.41, 5.74) is 3.08. The number of halogens is 1. The number of carbonyl (C=O) groups is 1. The third-order valence-electron chi connectivity index (χ3n) is 3.62. The van der Waals surface area contributed by atoms with Crippen molar-refractivity contribution in [1.82, 2.24) is 9.78 Å². The van der Waals surface area contributed by atoms with Crippen LogP contribution < -0.4 is 0 Å². The SMILES string of the molecule is COC(=O)c1c(-c2ccccc2)nn(-c2ccc(F)cc2)c1C. The Bertz CT molecular complexity index is 839. The quantitative estimate of drug-likeness (QED) is 0.692. The van der Waals surface area contributed by atoms with Gasteiger partial charge < -0.3 is 4.74 Å². The van der Waals surface area contributed by atoms with Gasteiger partial charge in [0.25, 0.3) is 0 Å². The summed E-state index contributed by atoms with van der Waals surface area (Å²) in [4.78, 5) is 12.2. The van der Waals surface area contributed by atoms with E-state index < -0.39 is 5.97 Å². The Morgan fingerprint density at radius 1 is 1.09 bits per heavy atom. The third kappa shape index (κ3) is 2.73. The second-order valence-electron chi connectivity index (χ2n) is 5.05. The Morgan fingerprint density at radius 3 is 2.35 bits per heavy atom. The van der Waals surface area contributed by atoms with Gasteiger partial charge in [0.2, 0.25) is 0 Å². The number of rotatable bonds is 3. The van der Waals surface area contributed by atoms with Crippen LogP contribution in [0.1, 0.15) is 16.1 Å². The van der Waals surface area contributed by atoms with Crippen LogP contribution in [0.4, 0.5) is 4.39 Å². The van der Waals surface area contributed by atoms with E-state index in [1.807, 2.05) is 30.3 Å². The molecule has 0 saturated heterocycles. The lowest BCUT2D eigenvalue weighted by Crippen LogP contribution is -2.05. The van der Waals surface area contributed by atoms with E-state index >= 15 is 0 Å². The molecule has 1 aromatic heterocycles. The summed E-state index contributed by atoms with van der Waals surface area (Å²) in [6.45, 7) is 1.79. The van der Waals surface area contributed by atoms with Crippen LogP contribution in [0.5, 0.6) is 0 Å². The van der Waals surface area contributed by atoms with Gasteiger partial charge in [-0.15, -0.1) is 0 Å². The van der Waals surface area contributed by atoms with E-state index in [1.165, 1.54) is 19.2 Å². The molecule has 0 spiro atoms. The van der Waals surface area contributed by atoms with E-state index in [-0.39, 0.29) is 5.82 Å².